The number of carbonyl (C=O) groups excluding carboxylic acids is 2. The minimum Gasteiger partial charge on any atom is -0.493 e. The average molecular weight is 391 g/mol. The molecule has 0 atom stereocenters. The summed E-state index contributed by atoms with van der Waals surface area (Å²) in [4.78, 5) is 31.6. The van der Waals surface area contributed by atoms with Gasteiger partial charge < -0.3 is 19.1 Å². The van der Waals surface area contributed by atoms with Crippen molar-refractivity contribution in [3.05, 3.63) is 34.3 Å². The van der Waals surface area contributed by atoms with Crippen LogP contribution < -0.4 is 14.8 Å². The van der Waals surface area contributed by atoms with E-state index in [1.54, 1.807) is 37.1 Å². The zero-order valence-corrected chi connectivity index (χ0v) is 16.2. The lowest BCUT2D eigenvalue weighted by molar-refractivity contribution is 0.0735. The Balaban J connectivity index is 1.73. The number of nitrogens with one attached hydrogen (secondary N) is 1. The van der Waals surface area contributed by atoms with Gasteiger partial charge in [-0.05, 0) is 25.1 Å². The van der Waals surface area contributed by atoms with Crippen molar-refractivity contribution in [3.63, 3.8) is 0 Å². The predicted octanol–water partition coefficient (Wildman–Crippen LogP) is 2.93. The number of nitrogens with zero attached hydrogens (tertiary/aromatic N) is 2. The molecule has 3 rings (SSSR count). The Morgan fingerprint density at radius 2 is 2.04 bits per heavy atom. The van der Waals surface area contributed by atoms with Gasteiger partial charge in [0.05, 0.1) is 33.1 Å². The third-order valence-electron chi connectivity index (χ3n) is 4.13. The number of hydrogen-bond acceptors (Lipinski definition) is 7. The first-order valence-electron chi connectivity index (χ1n) is 8.49. The molecule has 0 saturated carbocycles. The van der Waals surface area contributed by atoms with E-state index in [1.807, 2.05) is 0 Å². The zero-order valence-electron chi connectivity index (χ0n) is 15.4. The number of aromatic nitrogens is 1. The Hall–Kier alpha value is -2.81. The predicted molar refractivity (Wildman–Crippen MR) is 101 cm³/mol. The Labute approximate surface area is 161 Å². The molecule has 0 spiro atoms. The van der Waals surface area contributed by atoms with Crippen LogP contribution in [0.3, 0.4) is 0 Å². The molecular formula is C18H21N3O5S. The molecule has 0 fully saturated rings. The molecule has 0 radical (unpaired) electrons. The first-order valence-corrected chi connectivity index (χ1v) is 9.31. The molecule has 1 aliphatic heterocycles. The van der Waals surface area contributed by atoms with Crippen molar-refractivity contribution in [2.24, 2.45) is 0 Å². The lowest BCUT2D eigenvalue weighted by Crippen LogP contribution is -2.35. The van der Waals surface area contributed by atoms with Crippen molar-refractivity contribution in [1.82, 2.24) is 9.88 Å². The molecule has 2 aromatic rings. The van der Waals surface area contributed by atoms with Crippen molar-refractivity contribution < 1.29 is 23.8 Å². The summed E-state index contributed by atoms with van der Waals surface area (Å²) in [5.74, 6) is 1.00. The summed E-state index contributed by atoms with van der Waals surface area (Å²) in [7, 11) is 3.09. The number of benzene rings is 1. The van der Waals surface area contributed by atoms with E-state index in [4.69, 9.17) is 14.2 Å². The quantitative estimate of drug-likeness (QED) is 0.843. The Morgan fingerprint density at radius 3 is 2.74 bits per heavy atom. The maximum atomic E-state index is 12.9. The molecule has 0 unspecified atom stereocenters. The van der Waals surface area contributed by atoms with Crippen LogP contribution in [0.15, 0.2) is 18.2 Å². The molecule has 8 nitrogen and oxygen atoms in total. The summed E-state index contributed by atoms with van der Waals surface area (Å²) in [6.07, 6.45) is 0.108. The maximum Gasteiger partial charge on any atom is 0.413 e. The fraction of sp³-hybridized carbons (Fsp3) is 0.389. The van der Waals surface area contributed by atoms with Crippen LogP contribution in [-0.4, -0.2) is 49.3 Å². The van der Waals surface area contributed by atoms with Crippen molar-refractivity contribution >= 4 is 28.5 Å². The number of carbonyl (C=O) groups is 2. The van der Waals surface area contributed by atoms with E-state index in [2.05, 4.69) is 10.3 Å². The SMILES string of the molecule is CCOC(=O)Nc1nc2c(s1)CN(C(=O)c1ccc(OC)c(OC)c1)CC2. The van der Waals surface area contributed by atoms with Gasteiger partial charge in [0.1, 0.15) is 0 Å². The molecule has 144 valence electrons. The molecule has 27 heavy (non-hydrogen) atoms. The van der Waals surface area contributed by atoms with E-state index in [9.17, 15) is 9.59 Å². The Morgan fingerprint density at radius 1 is 1.26 bits per heavy atom. The molecule has 0 aliphatic carbocycles. The van der Waals surface area contributed by atoms with E-state index < -0.39 is 6.09 Å². The molecule has 1 aliphatic rings. The van der Waals surface area contributed by atoms with E-state index in [0.29, 0.717) is 48.3 Å². The number of rotatable bonds is 5. The Kier molecular flexibility index (Phi) is 5.80. The molecule has 0 bridgehead atoms. The van der Waals surface area contributed by atoms with Crippen LogP contribution in [-0.2, 0) is 17.7 Å². The number of anilines is 1. The van der Waals surface area contributed by atoms with Gasteiger partial charge in [-0.2, -0.15) is 0 Å². The van der Waals surface area contributed by atoms with Crippen LogP contribution in [0.1, 0.15) is 27.9 Å². The second-order valence-corrected chi connectivity index (χ2v) is 6.86. The highest BCUT2D eigenvalue weighted by molar-refractivity contribution is 7.15. The van der Waals surface area contributed by atoms with Crippen molar-refractivity contribution in [1.29, 1.82) is 0 Å². The van der Waals surface area contributed by atoms with Crippen LogP contribution in [0.2, 0.25) is 0 Å². The standard InChI is InChI=1S/C18H21N3O5S/c1-4-26-18(23)20-17-19-12-7-8-21(10-15(12)27-17)16(22)11-5-6-13(24-2)14(9-11)25-3/h5-6,9H,4,7-8,10H2,1-3H3,(H,19,20,23). The maximum absolute atomic E-state index is 12.9. The first-order chi connectivity index (χ1) is 13.0. The monoisotopic (exact) mass is 391 g/mol. The molecule has 1 N–H and O–H groups in total. The minimum absolute atomic E-state index is 0.0881. The highest BCUT2D eigenvalue weighted by Crippen LogP contribution is 2.31. The molecular weight excluding hydrogens is 370 g/mol. The molecule has 2 heterocycles. The van der Waals surface area contributed by atoms with E-state index in [1.165, 1.54) is 18.4 Å². The third-order valence-corrected chi connectivity index (χ3v) is 5.13. The molecule has 1 aromatic heterocycles. The van der Waals surface area contributed by atoms with Gasteiger partial charge in [-0.15, -0.1) is 0 Å². The Bertz CT molecular complexity index is 852. The molecule has 9 heteroatoms. The number of methoxy groups -OCH3 is 2. The normalized spacial score (nSPS) is 12.9. The van der Waals surface area contributed by atoms with Crippen LogP contribution in [0.4, 0.5) is 9.93 Å². The fourth-order valence-electron chi connectivity index (χ4n) is 2.83. The summed E-state index contributed by atoms with van der Waals surface area (Å²) in [5, 5.41) is 3.10. The van der Waals surface area contributed by atoms with E-state index in [-0.39, 0.29) is 5.91 Å². The van der Waals surface area contributed by atoms with Crippen LogP contribution in [0, 0.1) is 0 Å². The summed E-state index contributed by atoms with van der Waals surface area (Å²) in [6.45, 7) is 3.04. The van der Waals surface area contributed by atoms with E-state index >= 15 is 0 Å². The lowest BCUT2D eigenvalue weighted by atomic mass is 10.1. The van der Waals surface area contributed by atoms with Crippen LogP contribution in [0.25, 0.3) is 0 Å². The summed E-state index contributed by atoms with van der Waals surface area (Å²) < 4.78 is 15.4. The van der Waals surface area contributed by atoms with E-state index in [0.717, 1.165) is 10.6 Å². The van der Waals surface area contributed by atoms with Gasteiger partial charge in [-0.1, -0.05) is 11.3 Å². The van der Waals surface area contributed by atoms with Crippen LogP contribution >= 0.6 is 11.3 Å². The zero-order chi connectivity index (χ0) is 19.4. The van der Waals surface area contributed by atoms with Gasteiger partial charge in [0.15, 0.2) is 16.6 Å². The van der Waals surface area contributed by atoms with Crippen LogP contribution in [0.5, 0.6) is 11.5 Å². The number of fused-ring (bicyclic) bond motifs is 1. The first kappa shape index (κ1) is 19.0. The number of amides is 2. The number of hydrogen-bond donors (Lipinski definition) is 1. The summed E-state index contributed by atoms with van der Waals surface area (Å²) in [6, 6.07) is 5.12. The largest absolute Gasteiger partial charge is 0.493 e. The number of thiazole rings is 1. The van der Waals surface area contributed by atoms with Gasteiger partial charge in [0, 0.05) is 23.4 Å². The smallest absolute Gasteiger partial charge is 0.413 e. The van der Waals surface area contributed by atoms with Crippen molar-refractivity contribution in [2.75, 3.05) is 32.7 Å². The third kappa shape index (κ3) is 4.13. The molecule has 0 saturated heterocycles. The summed E-state index contributed by atoms with van der Waals surface area (Å²) >= 11 is 1.36. The minimum atomic E-state index is -0.526. The lowest BCUT2D eigenvalue weighted by Gasteiger charge is -2.26. The van der Waals surface area contributed by atoms with Crippen molar-refractivity contribution in [3.8, 4) is 11.5 Å². The van der Waals surface area contributed by atoms with Gasteiger partial charge in [-0.25, -0.2) is 9.78 Å². The average Bonchev–Trinajstić information content (AvgIpc) is 3.08. The molecule has 1 aromatic carbocycles. The van der Waals surface area contributed by atoms with Crippen molar-refractivity contribution in [2.45, 2.75) is 19.9 Å². The second-order valence-electron chi connectivity index (χ2n) is 5.78. The molecule has 2 amide bonds. The van der Waals surface area contributed by atoms with Gasteiger partial charge in [0.2, 0.25) is 0 Å². The highest BCUT2D eigenvalue weighted by Gasteiger charge is 2.26. The highest BCUT2D eigenvalue weighted by atomic mass is 32.1. The fourth-order valence-corrected chi connectivity index (χ4v) is 3.84. The van der Waals surface area contributed by atoms with Gasteiger partial charge >= 0.3 is 6.09 Å². The second kappa shape index (κ2) is 8.26. The summed E-state index contributed by atoms with van der Waals surface area (Å²) in [5.41, 5.74) is 1.44. The van der Waals surface area contributed by atoms with Gasteiger partial charge in [-0.3, -0.25) is 10.1 Å². The van der Waals surface area contributed by atoms with Gasteiger partial charge in [0.25, 0.3) is 5.91 Å². The topological polar surface area (TPSA) is 90.0 Å². The number of ether oxygens (including phenoxy) is 3.